The Morgan fingerprint density at radius 3 is 3.00 bits per heavy atom. The average Bonchev–Trinajstić information content (AvgIpc) is 2.55. The first-order chi connectivity index (χ1) is 5.82. The number of rotatable bonds is 1. The zero-order valence-electron chi connectivity index (χ0n) is 7.20. The minimum Gasteiger partial charge on any atom is -0.394 e. The largest absolute Gasteiger partial charge is 0.394 e. The van der Waals surface area contributed by atoms with Crippen molar-refractivity contribution in [3.63, 3.8) is 0 Å². The summed E-state index contributed by atoms with van der Waals surface area (Å²) in [6.07, 6.45) is 2.76. The first kappa shape index (κ1) is 7.30. The molecule has 0 radical (unpaired) electrons. The van der Waals surface area contributed by atoms with E-state index in [1.54, 1.807) is 0 Å². The topological polar surface area (TPSA) is 32.7 Å². The molecule has 3 heteroatoms. The van der Waals surface area contributed by atoms with Crippen LogP contribution in [0, 0.1) is 5.92 Å². The fraction of sp³-hybridized carbons (Fsp3) is 1.00. The van der Waals surface area contributed by atoms with E-state index >= 15 is 0 Å². The second-order valence-electron chi connectivity index (χ2n) is 4.52. The van der Waals surface area contributed by atoms with Crippen LogP contribution in [0.4, 0.5) is 0 Å². The molecule has 4 rings (SSSR count). The van der Waals surface area contributed by atoms with Crippen molar-refractivity contribution in [3.8, 4) is 0 Å². The summed E-state index contributed by atoms with van der Waals surface area (Å²) >= 11 is 0. The number of hydrogen-bond acceptors (Lipinski definition) is 3. The van der Waals surface area contributed by atoms with Gasteiger partial charge < -0.3 is 9.84 Å². The molecular weight excluding hydrogens is 154 g/mol. The van der Waals surface area contributed by atoms with Crippen LogP contribution in [0.5, 0.6) is 0 Å². The number of aliphatic hydroxyl groups excluding tert-OH is 1. The monoisotopic (exact) mass is 169 g/mol. The van der Waals surface area contributed by atoms with E-state index in [9.17, 15) is 0 Å². The summed E-state index contributed by atoms with van der Waals surface area (Å²) in [6.45, 7) is 3.23. The lowest BCUT2D eigenvalue weighted by Gasteiger charge is -2.47. The standard InChI is InChI=1S/C9H15NO2/c11-5-8-4-10-3-7-1-9(10,2-7)6-12-8/h7-8,11H,1-6H2. The Morgan fingerprint density at radius 1 is 1.42 bits per heavy atom. The average molecular weight is 169 g/mol. The van der Waals surface area contributed by atoms with Gasteiger partial charge in [0.2, 0.25) is 0 Å². The molecule has 3 nitrogen and oxygen atoms in total. The molecule has 1 aliphatic carbocycles. The highest BCUT2D eigenvalue weighted by Gasteiger charge is 2.58. The van der Waals surface area contributed by atoms with Gasteiger partial charge in [0.1, 0.15) is 0 Å². The first-order valence-electron chi connectivity index (χ1n) is 4.80. The van der Waals surface area contributed by atoms with Crippen LogP contribution in [0.15, 0.2) is 0 Å². The minimum atomic E-state index is 0.0787. The number of nitrogens with zero attached hydrogens (tertiary/aromatic N) is 1. The Balaban J connectivity index is 1.76. The molecule has 0 aromatic heterocycles. The van der Waals surface area contributed by atoms with Crippen molar-refractivity contribution in [2.45, 2.75) is 24.5 Å². The molecule has 3 aliphatic heterocycles. The van der Waals surface area contributed by atoms with Crippen molar-refractivity contribution in [1.82, 2.24) is 4.90 Å². The van der Waals surface area contributed by atoms with Crippen LogP contribution in [-0.4, -0.2) is 48.0 Å². The summed E-state index contributed by atoms with van der Waals surface area (Å²) in [5.74, 6) is 0.936. The molecule has 1 saturated carbocycles. The van der Waals surface area contributed by atoms with Crippen molar-refractivity contribution in [2.24, 2.45) is 5.92 Å². The number of morpholine rings is 1. The zero-order chi connectivity index (χ0) is 8.18. The predicted molar refractivity (Wildman–Crippen MR) is 43.9 cm³/mol. The van der Waals surface area contributed by atoms with Gasteiger partial charge in [0.05, 0.1) is 19.3 Å². The SMILES string of the molecule is OCC1CN2CC3CC2(CO1)C3. The van der Waals surface area contributed by atoms with Gasteiger partial charge in [-0.05, 0) is 18.8 Å². The fourth-order valence-electron chi connectivity index (χ4n) is 3.07. The Kier molecular flexibility index (Phi) is 1.35. The van der Waals surface area contributed by atoms with Crippen molar-refractivity contribution in [3.05, 3.63) is 0 Å². The first-order valence-corrected chi connectivity index (χ1v) is 4.80. The molecule has 3 saturated heterocycles. The Bertz CT molecular complexity index is 201. The molecule has 68 valence electrons. The van der Waals surface area contributed by atoms with E-state index in [-0.39, 0.29) is 12.7 Å². The van der Waals surface area contributed by atoms with Gasteiger partial charge in [-0.25, -0.2) is 0 Å². The minimum absolute atomic E-state index is 0.0787. The van der Waals surface area contributed by atoms with Gasteiger partial charge in [0, 0.05) is 18.6 Å². The van der Waals surface area contributed by atoms with Gasteiger partial charge in [0.15, 0.2) is 0 Å². The van der Waals surface area contributed by atoms with Gasteiger partial charge in [0.25, 0.3) is 0 Å². The summed E-state index contributed by atoms with van der Waals surface area (Å²) in [5, 5.41) is 8.96. The third kappa shape index (κ3) is 0.767. The maximum absolute atomic E-state index is 8.96. The van der Waals surface area contributed by atoms with Crippen molar-refractivity contribution >= 4 is 0 Å². The molecule has 1 unspecified atom stereocenters. The number of aliphatic hydroxyl groups is 1. The summed E-state index contributed by atoms with van der Waals surface area (Å²) in [6, 6.07) is 0. The molecule has 4 fully saturated rings. The number of ether oxygens (including phenoxy) is 1. The molecule has 1 atom stereocenters. The van der Waals surface area contributed by atoms with Crippen LogP contribution in [-0.2, 0) is 4.74 Å². The summed E-state index contributed by atoms with van der Waals surface area (Å²) in [5.41, 5.74) is 0.413. The molecule has 0 aromatic carbocycles. The van der Waals surface area contributed by atoms with Crippen molar-refractivity contribution in [1.29, 1.82) is 0 Å². The highest BCUT2D eigenvalue weighted by atomic mass is 16.5. The molecule has 0 aromatic rings. The molecule has 2 bridgehead atoms. The molecular formula is C9H15NO2. The van der Waals surface area contributed by atoms with Crippen LogP contribution < -0.4 is 0 Å². The second kappa shape index (κ2) is 2.22. The summed E-state index contributed by atoms with van der Waals surface area (Å²) in [7, 11) is 0. The molecule has 1 N–H and O–H groups in total. The van der Waals surface area contributed by atoms with Gasteiger partial charge in [-0.2, -0.15) is 0 Å². The van der Waals surface area contributed by atoms with E-state index < -0.39 is 0 Å². The van der Waals surface area contributed by atoms with Crippen LogP contribution in [0.2, 0.25) is 0 Å². The van der Waals surface area contributed by atoms with Gasteiger partial charge in [-0.3, -0.25) is 4.90 Å². The Morgan fingerprint density at radius 2 is 2.25 bits per heavy atom. The van der Waals surface area contributed by atoms with Gasteiger partial charge in [-0.15, -0.1) is 0 Å². The van der Waals surface area contributed by atoms with E-state index in [1.165, 1.54) is 19.4 Å². The summed E-state index contributed by atoms with van der Waals surface area (Å²) in [4.78, 5) is 2.53. The third-order valence-corrected chi connectivity index (χ3v) is 3.70. The van der Waals surface area contributed by atoms with E-state index in [4.69, 9.17) is 9.84 Å². The summed E-state index contributed by atoms with van der Waals surface area (Å²) < 4.78 is 5.59. The molecule has 3 heterocycles. The van der Waals surface area contributed by atoms with E-state index in [0.29, 0.717) is 5.54 Å². The molecule has 12 heavy (non-hydrogen) atoms. The molecule has 0 amide bonds. The Labute approximate surface area is 72.3 Å². The quantitative estimate of drug-likeness (QED) is 0.592. The van der Waals surface area contributed by atoms with Crippen molar-refractivity contribution < 1.29 is 9.84 Å². The van der Waals surface area contributed by atoms with Crippen LogP contribution in [0.1, 0.15) is 12.8 Å². The fourth-order valence-corrected chi connectivity index (χ4v) is 3.07. The Hall–Kier alpha value is -0.120. The smallest absolute Gasteiger partial charge is 0.0933 e. The third-order valence-electron chi connectivity index (χ3n) is 3.70. The van der Waals surface area contributed by atoms with Crippen LogP contribution in [0.3, 0.4) is 0 Å². The van der Waals surface area contributed by atoms with Gasteiger partial charge in [-0.1, -0.05) is 0 Å². The van der Waals surface area contributed by atoms with Crippen molar-refractivity contribution in [2.75, 3.05) is 26.3 Å². The van der Waals surface area contributed by atoms with E-state index in [2.05, 4.69) is 4.90 Å². The maximum Gasteiger partial charge on any atom is 0.0933 e. The highest BCUT2D eigenvalue weighted by molar-refractivity contribution is 5.12. The number of hydrogen-bond donors (Lipinski definition) is 1. The normalized spacial score (nSPS) is 51.8. The lowest BCUT2D eigenvalue weighted by molar-refractivity contribution is -0.117. The van der Waals surface area contributed by atoms with E-state index in [0.717, 1.165) is 19.1 Å². The van der Waals surface area contributed by atoms with Crippen LogP contribution >= 0.6 is 0 Å². The van der Waals surface area contributed by atoms with E-state index in [1.807, 2.05) is 0 Å². The highest BCUT2D eigenvalue weighted by Crippen LogP contribution is 2.52. The lowest BCUT2D eigenvalue weighted by atomic mass is 9.73. The second-order valence-corrected chi connectivity index (χ2v) is 4.52. The molecule has 1 spiro atoms. The van der Waals surface area contributed by atoms with Crippen LogP contribution in [0.25, 0.3) is 0 Å². The molecule has 4 aliphatic rings. The predicted octanol–water partition coefficient (Wildman–Crippen LogP) is -0.158. The lowest BCUT2D eigenvalue weighted by Crippen LogP contribution is -2.57. The zero-order valence-corrected chi connectivity index (χ0v) is 7.20. The van der Waals surface area contributed by atoms with Gasteiger partial charge >= 0.3 is 0 Å². The maximum atomic E-state index is 8.96.